The van der Waals surface area contributed by atoms with E-state index < -0.39 is 12.2 Å². The Labute approximate surface area is 181 Å². The van der Waals surface area contributed by atoms with Crippen molar-refractivity contribution in [1.29, 1.82) is 0 Å². The molecule has 4 aliphatic rings. The minimum Gasteiger partial charge on any atom is -0.393 e. The molecule has 0 aromatic carbocycles. The van der Waals surface area contributed by atoms with Crippen molar-refractivity contribution in [2.75, 3.05) is 0 Å². The van der Waals surface area contributed by atoms with Crippen molar-refractivity contribution in [3.8, 4) is 0 Å². The fourth-order valence-electron chi connectivity index (χ4n) is 6.49. The van der Waals surface area contributed by atoms with Crippen LogP contribution in [0.1, 0.15) is 71.6 Å². The van der Waals surface area contributed by atoms with Gasteiger partial charge in [-0.15, -0.1) is 0 Å². The SMILES string of the molecule is C=C1/C(=C\C=C2/CCC[C@]3(C)[C@@H]([C@H](C)/C=C/C(=O)C4CC4)CC[C@@H]23)C[C@@H](O)C[C@@H]1O. The number of allylic oxidation sites excluding steroid dienone is 5. The van der Waals surface area contributed by atoms with Crippen LogP contribution >= 0.6 is 0 Å². The van der Waals surface area contributed by atoms with Crippen LogP contribution in [0.15, 0.2) is 47.6 Å². The second-order valence-corrected chi connectivity index (χ2v) is 10.6. The molecule has 0 aromatic rings. The van der Waals surface area contributed by atoms with Gasteiger partial charge in [0.15, 0.2) is 5.78 Å². The maximum atomic E-state index is 12.1. The molecule has 0 amide bonds. The molecule has 0 radical (unpaired) electrons. The molecule has 4 saturated carbocycles. The highest BCUT2D eigenvalue weighted by Gasteiger charge is 2.50. The predicted octanol–water partition coefficient (Wildman–Crippen LogP) is 5.30. The fourth-order valence-corrected chi connectivity index (χ4v) is 6.49. The van der Waals surface area contributed by atoms with Crippen LogP contribution in [0.2, 0.25) is 0 Å². The minimum absolute atomic E-state index is 0.289. The third-order valence-corrected chi connectivity index (χ3v) is 8.48. The number of ketones is 1. The summed E-state index contributed by atoms with van der Waals surface area (Å²) in [6.45, 7) is 8.81. The van der Waals surface area contributed by atoms with E-state index in [0.29, 0.717) is 42.3 Å². The van der Waals surface area contributed by atoms with Crippen molar-refractivity contribution < 1.29 is 15.0 Å². The molecular weight excluding hydrogens is 372 g/mol. The average Bonchev–Trinajstić information content (AvgIpc) is 3.49. The molecule has 0 bridgehead atoms. The Morgan fingerprint density at radius 2 is 1.97 bits per heavy atom. The minimum atomic E-state index is -0.628. The van der Waals surface area contributed by atoms with Crippen molar-refractivity contribution in [3.05, 3.63) is 47.6 Å². The van der Waals surface area contributed by atoms with Crippen LogP contribution in [-0.2, 0) is 4.79 Å². The Hall–Kier alpha value is -1.45. The molecule has 6 atom stereocenters. The summed E-state index contributed by atoms with van der Waals surface area (Å²) in [6.07, 6.45) is 16.5. The molecule has 164 valence electrons. The lowest BCUT2D eigenvalue weighted by atomic mass is 9.61. The molecule has 3 nitrogen and oxygen atoms in total. The molecule has 4 aliphatic carbocycles. The third kappa shape index (κ3) is 4.29. The molecular formula is C27H38O3. The number of carbonyl (C=O) groups excluding carboxylic acids is 1. The van der Waals surface area contributed by atoms with Gasteiger partial charge in [0.2, 0.25) is 0 Å². The monoisotopic (exact) mass is 410 g/mol. The fraction of sp³-hybridized carbons (Fsp3) is 0.667. The van der Waals surface area contributed by atoms with Gasteiger partial charge in [-0.05, 0) is 91.8 Å². The molecule has 4 rings (SSSR count). The summed E-state index contributed by atoms with van der Waals surface area (Å²) < 4.78 is 0. The zero-order valence-corrected chi connectivity index (χ0v) is 18.6. The summed E-state index contributed by atoms with van der Waals surface area (Å²) in [4.78, 5) is 12.1. The van der Waals surface area contributed by atoms with E-state index in [-0.39, 0.29) is 5.41 Å². The first-order chi connectivity index (χ1) is 14.3. The predicted molar refractivity (Wildman–Crippen MR) is 121 cm³/mol. The zero-order chi connectivity index (χ0) is 21.5. The number of aliphatic hydroxyl groups is 2. The molecule has 0 unspecified atom stereocenters. The maximum Gasteiger partial charge on any atom is 0.158 e. The van der Waals surface area contributed by atoms with E-state index in [1.165, 1.54) is 31.3 Å². The number of carbonyl (C=O) groups is 1. The van der Waals surface area contributed by atoms with Crippen LogP contribution in [0.25, 0.3) is 0 Å². The maximum absolute atomic E-state index is 12.1. The number of aliphatic hydroxyl groups excluding tert-OH is 2. The standard InChI is InChI=1S/C27H38O3/c1-17(6-13-25(29)20-8-9-20)23-11-12-24-19(5-4-14-27(23,24)3)7-10-21-15-22(28)16-26(30)18(21)2/h6-7,10,13,17,20,22-24,26,28,30H,2,4-5,8-9,11-12,14-16H2,1,3H3/b13-6+,19-7+,21-10-/t17-,22-,23-,24+,26+,27-/m1/s1. The van der Waals surface area contributed by atoms with Gasteiger partial charge in [0, 0.05) is 12.3 Å². The summed E-state index contributed by atoms with van der Waals surface area (Å²) in [5.41, 5.74) is 3.56. The molecule has 3 heteroatoms. The van der Waals surface area contributed by atoms with Gasteiger partial charge in [0.05, 0.1) is 12.2 Å². The smallest absolute Gasteiger partial charge is 0.158 e. The third-order valence-electron chi connectivity index (χ3n) is 8.48. The van der Waals surface area contributed by atoms with E-state index in [2.05, 4.69) is 38.7 Å². The number of rotatable bonds is 5. The van der Waals surface area contributed by atoms with E-state index in [0.717, 1.165) is 30.4 Å². The van der Waals surface area contributed by atoms with Crippen LogP contribution in [0.4, 0.5) is 0 Å². The van der Waals surface area contributed by atoms with E-state index >= 15 is 0 Å². The Bertz CT molecular complexity index is 784. The highest BCUT2D eigenvalue weighted by molar-refractivity contribution is 5.93. The first kappa shape index (κ1) is 21.8. The van der Waals surface area contributed by atoms with E-state index in [1.54, 1.807) is 0 Å². The molecule has 0 aromatic heterocycles. The van der Waals surface area contributed by atoms with E-state index in [9.17, 15) is 15.0 Å². The molecule has 2 N–H and O–H groups in total. The van der Waals surface area contributed by atoms with Crippen LogP contribution in [-0.4, -0.2) is 28.2 Å². The first-order valence-corrected chi connectivity index (χ1v) is 12.0. The van der Waals surface area contributed by atoms with Gasteiger partial charge in [-0.25, -0.2) is 0 Å². The highest BCUT2D eigenvalue weighted by atomic mass is 16.3. The van der Waals surface area contributed by atoms with Gasteiger partial charge in [0.1, 0.15) is 0 Å². The second kappa shape index (κ2) is 8.59. The normalized spacial score (nSPS) is 40.9. The van der Waals surface area contributed by atoms with Crippen molar-refractivity contribution in [3.63, 3.8) is 0 Å². The summed E-state index contributed by atoms with van der Waals surface area (Å²) in [7, 11) is 0. The summed E-state index contributed by atoms with van der Waals surface area (Å²) >= 11 is 0. The average molecular weight is 411 g/mol. The Balaban J connectivity index is 1.49. The van der Waals surface area contributed by atoms with Crippen molar-refractivity contribution in [2.45, 2.75) is 83.8 Å². The number of fused-ring (bicyclic) bond motifs is 1. The second-order valence-electron chi connectivity index (χ2n) is 10.6. The topological polar surface area (TPSA) is 57.5 Å². The van der Waals surface area contributed by atoms with E-state index in [4.69, 9.17) is 0 Å². The van der Waals surface area contributed by atoms with Crippen molar-refractivity contribution >= 4 is 5.78 Å². The van der Waals surface area contributed by atoms with Crippen LogP contribution in [0.3, 0.4) is 0 Å². The van der Waals surface area contributed by atoms with Crippen LogP contribution in [0, 0.1) is 29.1 Å². The number of hydrogen-bond donors (Lipinski definition) is 2. The first-order valence-electron chi connectivity index (χ1n) is 12.0. The molecule has 0 saturated heterocycles. The lowest BCUT2D eigenvalue weighted by molar-refractivity contribution is -0.115. The largest absolute Gasteiger partial charge is 0.393 e. The quantitative estimate of drug-likeness (QED) is 0.605. The van der Waals surface area contributed by atoms with Crippen molar-refractivity contribution in [1.82, 2.24) is 0 Å². The van der Waals surface area contributed by atoms with Gasteiger partial charge in [-0.3, -0.25) is 4.79 Å². The molecule has 4 fully saturated rings. The van der Waals surface area contributed by atoms with Gasteiger partial charge in [-0.1, -0.05) is 44.2 Å². The van der Waals surface area contributed by atoms with E-state index in [1.807, 2.05) is 6.08 Å². The van der Waals surface area contributed by atoms with Gasteiger partial charge < -0.3 is 10.2 Å². The number of hydrogen-bond acceptors (Lipinski definition) is 3. The molecule has 0 heterocycles. The summed E-state index contributed by atoms with van der Waals surface area (Å²) in [5, 5.41) is 20.1. The Kier molecular flexibility index (Phi) is 6.23. The molecule has 0 spiro atoms. The molecule has 0 aliphatic heterocycles. The zero-order valence-electron chi connectivity index (χ0n) is 18.6. The van der Waals surface area contributed by atoms with Crippen LogP contribution in [0.5, 0.6) is 0 Å². The highest BCUT2D eigenvalue weighted by Crippen LogP contribution is 2.59. The lowest BCUT2D eigenvalue weighted by Gasteiger charge is -2.44. The van der Waals surface area contributed by atoms with Gasteiger partial charge in [-0.2, -0.15) is 0 Å². The lowest BCUT2D eigenvalue weighted by Crippen LogP contribution is -2.35. The van der Waals surface area contributed by atoms with Crippen molar-refractivity contribution in [2.24, 2.45) is 29.1 Å². The van der Waals surface area contributed by atoms with Crippen LogP contribution < -0.4 is 0 Å². The molecule has 30 heavy (non-hydrogen) atoms. The Morgan fingerprint density at radius 3 is 2.70 bits per heavy atom. The summed E-state index contributed by atoms with van der Waals surface area (Å²) in [6, 6.07) is 0. The summed E-state index contributed by atoms with van der Waals surface area (Å²) in [5.74, 6) is 2.28. The van der Waals surface area contributed by atoms with Gasteiger partial charge in [0.25, 0.3) is 0 Å². The van der Waals surface area contributed by atoms with Gasteiger partial charge >= 0.3 is 0 Å². The Morgan fingerprint density at radius 1 is 1.20 bits per heavy atom.